The van der Waals surface area contributed by atoms with Gasteiger partial charge in [0.1, 0.15) is 5.25 Å². The van der Waals surface area contributed by atoms with Crippen molar-refractivity contribution >= 4 is 39.3 Å². The normalized spacial score (nSPS) is 12.6. The van der Waals surface area contributed by atoms with Gasteiger partial charge in [0, 0.05) is 0 Å². The number of fused-ring (bicyclic) bond motifs is 1. The van der Waals surface area contributed by atoms with Gasteiger partial charge in [-0.2, -0.15) is 0 Å². The molecule has 0 unspecified atom stereocenters. The number of benzene rings is 1. The number of carbonyl (C=O) groups is 1. The molecular weight excluding hydrogens is 242 g/mol. The van der Waals surface area contributed by atoms with Crippen LogP contribution < -0.4 is 0 Å². The zero-order valence-corrected chi connectivity index (χ0v) is 10.6. The fourth-order valence-corrected chi connectivity index (χ4v) is 3.50. The number of hydrogen-bond acceptors (Lipinski definition) is 5. The molecule has 0 aliphatic heterocycles. The number of hydrogen-bond donors (Lipinski definition) is 0. The molecule has 2 rings (SSSR count). The van der Waals surface area contributed by atoms with Gasteiger partial charge >= 0.3 is 5.97 Å². The van der Waals surface area contributed by atoms with E-state index in [4.69, 9.17) is 0 Å². The number of thiazole rings is 1. The molecule has 0 fully saturated rings. The van der Waals surface area contributed by atoms with Crippen LogP contribution in [0.4, 0.5) is 0 Å². The molecule has 1 atom stereocenters. The highest BCUT2D eigenvalue weighted by Gasteiger charge is 2.16. The van der Waals surface area contributed by atoms with Crippen LogP contribution in [0.2, 0.25) is 0 Å². The van der Waals surface area contributed by atoms with Crippen LogP contribution >= 0.6 is 23.1 Å². The zero-order valence-electron chi connectivity index (χ0n) is 8.97. The molecular formula is C11H11NO2S2. The molecule has 16 heavy (non-hydrogen) atoms. The molecule has 1 heterocycles. The lowest BCUT2D eigenvalue weighted by Gasteiger charge is -2.05. The Morgan fingerprint density at radius 2 is 2.25 bits per heavy atom. The first-order valence-electron chi connectivity index (χ1n) is 4.81. The highest BCUT2D eigenvalue weighted by atomic mass is 32.2. The molecule has 0 radical (unpaired) electrons. The number of thioether (sulfide) groups is 1. The second-order valence-electron chi connectivity index (χ2n) is 3.23. The minimum absolute atomic E-state index is 0.217. The Labute approximate surface area is 102 Å². The molecule has 3 nitrogen and oxygen atoms in total. The van der Waals surface area contributed by atoms with Crippen molar-refractivity contribution < 1.29 is 9.53 Å². The standard InChI is InChI=1S/C11H11NO2S2/c1-7(10(13)14-2)15-11-12-8-5-3-4-6-9(8)16-11/h3-7H,1-2H3/t7-/m0/s1. The van der Waals surface area contributed by atoms with Gasteiger partial charge in [-0.25, -0.2) is 4.98 Å². The summed E-state index contributed by atoms with van der Waals surface area (Å²) in [5.41, 5.74) is 0.979. The number of aromatic nitrogens is 1. The average molecular weight is 253 g/mol. The van der Waals surface area contributed by atoms with E-state index in [1.54, 1.807) is 11.3 Å². The van der Waals surface area contributed by atoms with E-state index in [1.807, 2.05) is 31.2 Å². The van der Waals surface area contributed by atoms with Crippen LogP contribution in [0.25, 0.3) is 10.2 Å². The van der Waals surface area contributed by atoms with E-state index < -0.39 is 0 Å². The lowest BCUT2D eigenvalue weighted by atomic mass is 10.3. The van der Waals surface area contributed by atoms with E-state index in [9.17, 15) is 4.79 Å². The summed E-state index contributed by atoms with van der Waals surface area (Å²) < 4.78 is 6.72. The van der Waals surface area contributed by atoms with Crippen LogP contribution in [0.3, 0.4) is 0 Å². The number of para-hydroxylation sites is 1. The first-order valence-corrected chi connectivity index (χ1v) is 6.50. The Morgan fingerprint density at radius 1 is 1.50 bits per heavy atom. The maximum absolute atomic E-state index is 11.3. The van der Waals surface area contributed by atoms with E-state index in [1.165, 1.54) is 18.9 Å². The van der Waals surface area contributed by atoms with Crippen molar-refractivity contribution in [2.45, 2.75) is 16.5 Å². The molecule has 0 saturated heterocycles. The summed E-state index contributed by atoms with van der Waals surface area (Å²) >= 11 is 3.03. The van der Waals surface area contributed by atoms with Gasteiger partial charge in [0.15, 0.2) is 4.34 Å². The second-order valence-corrected chi connectivity index (χ2v) is 5.85. The smallest absolute Gasteiger partial charge is 0.318 e. The van der Waals surface area contributed by atoms with Crippen molar-refractivity contribution in [2.75, 3.05) is 7.11 Å². The third-order valence-electron chi connectivity index (χ3n) is 2.08. The number of ether oxygens (including phenoxy) is 1. The summed E-state index contributed by atoms with van der Waals surface area (Å²) in [6.45, 7) is 1.82. The Kier molecular flexibility index (Phi) is 3.46. The summed E-state index contributed by atoms with van der Waals surface area (Å²) in [6, 6.07) is 7.94. The van der Waals surface area contributed by atoms with Gasteiger partial charge in [-0.05, 0) is 19.1 Å². The number of methoxy groups -OCH3 is 1. The lowest BCUT2D eigenvalue weighted by Crippen LogP contribution is -2.14. The SMILES string of the molecule is COC(=O)[C@H](C)Sc1nc2ccccc2s1. The van der Waals surface area contributed by atoms with E-state index in [0.717, 1.165) is 14.6 Å². The molecule has 84 valence electrons. The highest BCUT2D eigenvalue weighted by Crippen LogP contribution is 2.31. The molecule has 0 amide bonds. The van der Waals surface area contributed by atoms with Gasteiger partial charge in [0.05, 0.1) is 17.3 Å². The van der Waals surface area contributed by atoms with Crippen molar-refractivity contribution in [2.24, 2.45) is 0 Å². The Hall–Kier alpha value is -1.07. The quantitative estimate of drug-likeness (QED) is 0.623. The van der Waals surface area contributed by atoms with Gasteiger partial charge in [-0.15, -0.1) is 11.3 Å². The predicted octanol–water partition coefficient (Wildman–Crippen LogP) is 2.95. The first-order chi connectivity index (χ1) is 7.70. The predicted molar refractivity (Wildman–Crippen MR) is 67.0 cm³/mol. The Morgan fingerprint density at radius 3 is 2.94 bits per heavy atom. The molecule has 0 N–H and O–H groups in total. The molecule has 1 aromatic heterocycles. The van der Waals surface area contributed by atoms with Crippen LogP contribution in [0.1, 0.15) is 6.92 Å². The maximum atomic E-state index is 11.3. The number of esters is 1. The van der Waals surface area contributed by atoms with Crippen LogP contribution in [0.5, 0.6) is 0 Å². The molecule has 0 aliphatic carbocycles. The molecule has 0 bridgehead atoms. The van der Waals surface area contributed by atoms with Gasteiger partial charge < -0.3 is 4.74 Å². The van der Waals surface area contributed by atoms with Crippen LogP contribution in [0.15, 0.2) is 28.6 Å². The van der Waals surface area contributed by atoms with Gasteiger partial charge in [-0.1, -0.05) is 23.9 Å². The van der Waals surface area contributed by atoms with Gasteiger partial charge in [-0.3, -0.25) is 4.79 Å². The molecule has 0 saturated carbocycles. The maximum Gasteiger partial charge on any atom is 0.318 e. The van der Waals surface area contributed by atoms with E-state index in [0.29, 0.717) is 0 Å². The monoisotopic (exact) mass is 253 g/mol. The number of nitrogens with zero attached hydrogens (tertiary/aromatic N) is 1. The lowest BCUT2D eigenvalue weighted by molar-refractivity contribution is -0.139. The van der Waals surface area contributed by atoms with Crippen molar-refractivity contribution in [1.82, 2.24) is 4.98 Å². The van der Waals surface area contributed by atoms with E-state index in [2.05, 4.69) is 9.72 Å². The number of rotatable bonds is 3. The minimum Gasteiger partial charge on any atom is -0.468 e. The third-order valence-corrected chi connectivity index (χ3v) is 4.29. The Bertz CT molecular complexity index is 476. The molecule has 2 aromatic rings. The van der Waals surface area contributed by atoms with Crippen LogP contribution in [0, 0.1) is 0 Å². The van der Waals surface area contributed by atoms with Crippen molar-refractivity contribution in [3.8, 4) is 0 Å². The molecule has 5 heteroatoms. The molecule has 0 spiro atoms. The zero-order chi connectivity index (χ0) is 11.5. The topological polar surface area (TPSA) is 39.2 Å². The van der Waals surface area contributed by atoms with Crippen molar-refractivity contribution in [3.63, 3.8) is 0 Å². The number of carbonyl (C=O) groups excluding carboxylic acids is 1. The highest BCUT2D eigenvalue weighted by molar-refractivity contribution is 8.02. The van der Waals surface area contributed by atoms with Gasteiger partial charge in [0.2, 0.25) is 0 Å². The fourth-order valence-electron chi connectivity index (χ4n) is 1.27. The van der Waals surface area contributed by atoms with E-state index >= 15 is 0 Å². The summed E-state index contributed by atoms with van der Waals surface area (Å²) in [4.78, 5) is 15.7. The summed E-state index contributed by atoms with van der Waals surface area (Å²) in [7, 11) is 1.40. The van der Waals surface area contributed by atoms with Gasteiger partial charge in [0.25, 0.3) is 0 Å². The molecule has 1 aromatic carbocycles. The largest absolute Gasteiger partial charge is 0.468 e. The summed E-state index contributed by atoms with van der Waals surface area (Å²) in [6.07, 6.45) is 0. The fraction of sp³-hybridized carbons (Fsp3) is 0.273. The second kappa shape index (κ2) is 4.84. The summed E-state index contributed by atoms with van der Waals surface area (Å²) in [5.74, 6) is -0.218. The molecule has 0 aliphatic rings. The van der Waals surface area contributed by atoms with Crippen molar-refractivity contribution in [3.05, 3.63) is 24.3 Å². The first kappa shape index (κ1) is 11.4. The minimum atomic E-state index is -0.218. The van der Waals surface area contributed by atoms with E-state index in [-0.39, 0.29) is 11.2 Å². The third kappa shape index (κ3) is 2.36. The average Bonchev–Trinajstić information content (AvgIpc) is 2.69. The van der Waals surface area contributed by atoms with Crippen LogP contribution in [-0.4, -0.2) is 23.3 Å². The van der Waals surface area contributed by atoms with Crippen LogP contribution in [-0.2, 0) is 9.53 Å². The Balaban J connectivity index is 2.18. The summed E-state index contributed by atoms with van der Waals surface area (Å²) in [5, 5.41) is -0.217. The van der Waals surface area contributed by atoms with Crippen molar-refractivity contribution in [1.29, 1.82) is 0 Å².